The molecule has 0 bridgehead atoms. The maximum Gasteiger partial charge on any atom is 0.573 e. The molecule has 0 unspecified atom stereocenters. The van der Waals surface area contributed by atoms with Crippen molar-refractivity contribution in [3.8, 4) is 5.75 Å². The van der Waals surface area contributed by atoms with Gasteiger partial charge in [-0.2, -0.15) is 0 Å². The molecular weight excluding hydrogens is 541 g/mol. The fraction of sp³-hybridized carbons (Fsp3) is 0.320. The average molecular weight is 565 g/mol. The van der Waals surface area contributed by atoms with Gasteiger partial charge in [-0.1, -0.05) is 35.9 Å². The van der Waals surface area contributed by atoms with E-state index in [9.17, 15) is 23.4 Å². The summed E-state index contributed by atoms with van der Waals surface area (Å²) in [6, 6.07) is 12.8. The van der Waals surface area contributed by atoms with Crippen molar-refractivity contribution in [2.75, 3.05) is 11.9 Å². The summed E-state index contributed by atoms with van der Waals surface area (Å²) in [5.74, 6) is 0.169. The first kappa shape index (κ1) is 27.1. The van der Waals surface area contributed by atoms with Crippen molar-refractivity contribution >= 4 is 28.6 Å². The van der Waals surface area contributed by atoms with Gasteiger partial charge in [0.15, 0.2) is 23.2 Å². The van der Waals surface area contributed by atoms with Crippen LogP contribution in [0.4, 0.5) is 19.0 Å². The maximum absolute atomic E-state index is 12.3. The number of anilines is 1. The fourth-order valence-corrected chi connectivity index (χ4v) is 4.51. The standard InChI is InChI=1S/C25H24ClF3N6O4/c26-16-3-1-2-15(8-16)10-31-22-19-23(33-12-32-22)35(13-34-19)24-21(37)20(36)18(38-24)11-30-9-14-4-6-17(7-5-14)39-25(27,28)29/h1-8,12-13,18,20-21,24,30,36-37H,9-11H2,(H,31,32,33)/t18-,20-,21-,24-/m1/s1. The molecule has 206 valence electrons. The molecule has 10 nitrogen and oxygen atoms in total. The van der Waals surface area contributed by atoms with Gasteiger partial charge in [-0.25, -0.2) is 15.0 Å². The van der Waals surface area contributed by atoms with E-state index in [1.807, 2.05) is 18.2 Å². The number of aliphatic hydroxyl groups is 2. The van der Waals surface area contributed by atoms with Crippen molar-refractivity contribution in [3.05, 3.63) is 77.3 Å². The largest absolute Gasteiger partial charge is 0.573 e. The number of aliphatic hydroxyl groups excluding tert-OH is 2. The van der Waals surface area contributed by atoms with Crippen LogP contribution in [0.25, 0.3) is 11.2 Å². The van der Waals surface area contributed by atoms with E-state index in [1.54, 1.807) is 6.07 Å². The third-order valence-corrected chi connectivity index (χ3v) is 6.39. The van der Waals surface area contributed by atoms with Gasteiger partial charge in [-0.05, 0) is 35.4 Å². The lowest BCUT2D eigenvalue weighted by molar-refractivity contribution is -0.274. The molecule has 3 heterocycles. The van der Waals surface area contributed by atoms with Crippen LogP contribution in [-0.4, -0.2) is 61.0 Å². The van der Waals surface area contributed by atoms with Crippen LogP contribution in [0, 0.1) is 0 Å². The summed E-state index contributed by atoms with van der Waals surface area (Å²) >= 11 is 6.05. The molecule has 4 atom stereocenters. The Morgan fingerprint density at radius 1 is 1.00 bits per heavy atom. The van der Waals surface area contributed by atoms with Crippen molar-refractivity contribution in [1.82, 2.24) is 24.8 Å². The minimum absolute atomic E-state index is 0.170. The van der Waals surface area contributed by atoms with Gasteiger partial charge in [0.25, 0.3) is 0 Å². The van der Waals surface area contributed by atoms with Crippen LogP contribution in [0.15, 0.2) is 61.2 Å². The number of aromatic nitrogens is 4. The lowest BCUT2D eigenvalue weighted by Crippen LogP contribution is -2.37. The number of hydrogen-bond donors (Lipinski definition) is 4. The van der Waals surface area contributed by atoms with Gasteiger partial charge < -0.3 is 30.3 Å². The molecule has 0 aliphatic carbocycles. The van der Waals surface area contributed by atoms with Crippen LogP contribution in [0.1, 0.15) is 17.4 Å². The van der Waals surface area contributed by atoms with Gasteiger partial charge in [0.2, 0.25) is 0 Å². The van der Waals surface area contributed by atoms with Crippen molar-refractivity contribution in [3.63, 3.8) is 0 Å². The average Bonchev–Trinajstić information content (AvgIpc) is 3.44. The molecule has 5 rings (SSSR count). The predicted octanol–water partition coefficient (Wildman–Crippen LogP) is 3.40. The Kier molecular flexibility index (Phi) is 7.86. The first-order valence-electron chi connectivity index (χ1n) is 11.9. The number of imidazole rings is 1. The van der Waals surface area contributed by atoms with Crippen LogP contribution in [0.3, 0.4) is 0 Å². The number of fused-ring (bicyclic) bond motifs is 1. The quantitative estimate of drug-likeness (QED) is 0.242. The molecule has 0 amide bonds. The summed E-state index contributed by atoms with van der Waals surface area (Å²) < 4.78 is 48.3. The Bertz CT molecular complexity index is 1420. The minimum Gasteiger partial charge on any atom is -0.406 e. The van der Waals surface area contributed by atoms with E-state index in [4.69, 9.17) is 16.3 Å². The van der Waals surface area contributed by atoms with Gasteiger partial charge in [0, 0.05) is 24.7 Å². The topological polar surface area (TPSA) is 127 Å². The Morgan fingerprint density at radius 2 is 1.79 bits per heavy atom. The molecule has 2 aromatic heterocycles. The Balaban J connectivity index is 1.21. The third-order valence-electron chi connectivity index (χ3n) is 6.15. The summed E-state index contributed by atoms with van der Waals surface area (Å²) in [5.41, 5.74) is 2.52. The van der Waals surface area contributed by atoms with E-state index in [0.717, 1.165) is 5.56 Å². The maximum atomic E-state index is 12.3. The van der Waals surface area contributed by atoms with E-state index in [2.05, 4.69) is 30.3 Å². The molecule has 1 saturated heterocycles. The number of hydrogen-bond acceptors (Lipinski definition) is 9. The molecule has 4 aromatic rings. The number of nitrogens with zero attached hydrogens (tertiary/aromatic N) is 4. The highest BCUT2D eigenvalue weighted by atomic mass is 35.5. The van der Waals surface area contributed by atoms with Gasteiger partial charge in [0.1, 0.15) is 30.4 Å². The van der Waals surface area contributed by atoms with Crippen molar-refractivity contribution in [2.45, 2.75) is 44.0 Å². The van der Waals surface area contributed by atoms with Crippen LogP contribution in [-0.2, 0) is 17.8 Å². The van der Waals surface area contributed by atoms with Crippen molar-refractivity contribution in [2.24, 2.45) is 0 Å². The van der Waals surface area contributed by atoms with Crippen LogP contribution < -0.4 is 15.4 Å². The molecule has 1 aliphatic rings. The Morgan fingerprint density at radius 3 is 2.54 bits per heavy atom. The molecule has 1 aliphatic heterocycles. The zero-order valence-electron chi connectivity index (χ0n) is 20.2. The lowest BCUT2D eigenvalue weighted by Gasteiger charge is -2.17. The van der Waals surface area contributed by atoms with E-state index in [0.29, 0.717) is 40.7 Å². The van der Waals surface area contributed by atoms with Gasteiger partial charge in [-0.3, -0.25) is 4.57 Å². The van der Waals surface area contributed by atoms with Crippen LogP contribution >= 0.6 is 11.6 Å². The first-order chi connectivity index (χ1) is 18.7. The Hall–Kier alpha value is -3.49. The van der Waals surface area contributed by atoms with Gasteiger partial charge >= 0.3 is 6.36 Å². The number of ether oxygens (including phenoxy) is 2. The fourth-order valence-electron chi connectivity index (χ4n) is 4.30. The Labute approximate surface area is 225 Å². The van der Waals surface area contributed by atoms with E-state index >= 15 is 0 Å². The minimum atomic E-state index is -4.76. The number of nitrogens with one attached hydrogen (secondary N) is 2. The lowest BCUT2D eigenvalue weighted by atomic mass is 10.1. The third kappa shape index (κ3) is 6.40. The molecule has 4 N–H and O–H groups in total. The predicted molar refractivity (Wildman–Crippen MR) is 135 cm³/mol. The zero-order chi connectivity index (χ0) is 27.6. The smallest absolute Gasteiger partial charge is 0.406 e. The molecular formula is C25H24ClF3N6O4. The van der Waals surface area contributed by atoms with Gasteiger partial charge in [0.05, 0.1) is 6.33 Å². The molecule has 2 aromatic carbocycles. The second kappa shape index (κ2) is 11.3. The second-order valence-electron chi connectivity index (χ2n) is 8.90. The number of benzene rings is 2. The van der Waals surface area contributed by atoms with E-state index < -0.39 is 30.9 Å². The molecule has 1 fully saturated rings. The van der Waals surface area contributed by atoms with Gasteiger partial charge in [-0.15, -0.1) is 13.2 Å². The number of halogens is 4. The molecule has 0 spiro atoms. The highest BCUT2D eigenvalue weighted by molar-refractivity contribution is 6.30. The SMILES string of the molecule is O[C@@H]1[C@H](O)[C@@H](CNCc2ccc(OC(F)(F)F)cc2)O[C@H]1n1cnc2c(NCc3cccc(Cl)c3)ncnc21. The first-order valence-corrected chi connectivity index (χ1v) is 12.3. The highest BCUT2D eigenvalue weighted by Crippen LogP contribution is 2.32. The van der Waals surface area contributed by atoms with Crippen LogP contribution in [0.2, 0.25) is 5.02 Å². The molecule has 39 heavy (non-hydrogen) atoms. The van der Waals surface area contributed by atoms with Crippen molar-refractivity contribution < 1.29 is 32.9 Å². The number of rotatable bonds is 9. The summed E-state index contributed by atoms with van der Waals surface area (Å²) in [4.78, 5) is 12.9. The highest BCUT2D eigenvalue weighted by Gasteiger charge is 2.44. The summed E-state index contributed by atoms with van der Waals surface area (Å²) in [5, 5.41) is 28.2. The zero-order valence-corrected chi connectivity index (χ0v) is 21.0. The van der Waals surface area contributed by atoms with E-state index in [1.165, 1.54) is 41.5 Å². The van der Waals surface area contributed by atoms with Crippen LogP contribution in [0.5, 0.6) is 5.75 Å². The van der Waals surface area contributed by atoms with Crippen molar-refractivity contribution in [1.29, 1.82) is 0 Å². The summed E-state index contributed by atoms with van der Waals surface area (Å²) in [6.07, 6.45) is -6.11. The molecule has 14 heteroatoms. The number of alkyl halides is 3. The molecule has 0 saturated carbocycles. The second-order valence-corrected chi connectivity index (χ2v) is 9.34. The van der Waals surface area contributed by atoms with E-state index in [-0.39, 0.29) is 12.3 Å². The molecule has 0 radical (unpaired) electrons. The summed E-state index contributed by atoms with van der Waals surface area (Å²) in [7, 11) is 0. The summed E-state index contributed by atoms with van der Waals surface area (Å²) in [6.45, 7) is 0.915. The monoisotopic (exact) mass is 564 g/mol. The normalized spacial score (nSPS) is 21.4.